The van der Waals surface area contributed by atoms with Crippen molar-refractivity contribution in [1.29, 1.82) is 0 Å². The van der Waals surface area contributed by atoms with Crippen LogP contribution in [0.3, 0.4) is 0 Å². The van der Waals surface area contributed by atoms with E-state index in [0.29, 0.717) is 6.61 Å². The second kappa shape index (κ2) is 13.8. The first kappa shape index (κ1) is 25.2. The average molecular weight is 471 g/mol. The van der Waals surface area contributed by atoms with Crippen LogP contribution in [0.25, 0.3) is 0 Å². The lowest BCUT2D eigenvalue weighted by Crippen LogP contribution is -2.49. The number of hydrogen-bond acceptors (Lipinski definition) is 3. The second-order valence-electron chi connectivity index (χ2n) is 9.52. The third-order valence-corrected chi connectivity index (χ3v) is 6.82. The lowest BCUT2D eigenvalue weighted by atomic mass is 9.98. The monoisotopic (exact) mass is 470 g/mol. The zero-order valence-electron chi connectivity index (χ0n) is 20.6. The Morgan fingerprint density at radius 1 is 0.800 bits per heavy atom. The predicted octanol–water partition coefficient (Wildman–Crippen LogP) is 5.46. The lowest BCUT2D eigenvalue weighted by Gasteiger charge is -2.24. The largest absolute Gasteiger partial charge is 0.371 e. The molecule has 4 heteroatoms. The van der Waals surface area contributed by atoms with Crippen LogP contribution < -0.4 is 10.6 Å². The first-order valence-corrected chi connectivity index (χ1v) is 13.0. The molecule has 1 saturated heterocycles. The van der Waals surface area contributed by atoms with Crippen molar-refractivity contribution in [2.24, 2.45) is 0 Å². The van der Waals surface area contributed by atoms with Crippen LogP contribution in [0.15, 0.2) is 91.0 Å². The fraction of sp³-hybridized carbons (Fsp3) is 0.387. The normalized spacial score (nSPS) is 17.5. The number of nitrogens with one attached hydrogen (secondary N) is 2. The molecule has 0 saturated carbocycles. The van der Waals surface area contributed by atoms with Crippen molar-refractivity contribution in [2.75, 3.05) is 6.54 Å². The molecule has 1 aliphatic rings. The maximum atomic E-state index is 13.3. The molecule has 2 N–H and O–H groups in total. The highest BCUT2D eigenvalue weighted by molar-refractivity contribution is 5.83. The number of hydrogen-bond donors (Lipinski definition) is 2. The Labute approximate surface area is 210 Å². The van der Waals surface area contributed by atoms with Gasteiger partial charge in [-0.3, -0.25) is 4.79 Å². The standard InChI is InChI=1S/C31H38N2O2/c34-31(30-29(22-23-32-30)35-24-27-16-8-3-9-17-27)33-28(20-10-18-25-12-4-1-5-13-25)21-11-19-26-14-6-2-7-15-26/h1-9,12-17,28-30,32H,10-11,18-24H2,(H,33,34)/t29?,30-/m0/s1. The van der Waals surface area contributed by atoms with Crippen molar-refractivity contribution in [3.05, 3.63) is 108 Å². The molecular weight excluding hydrogens is 432 g/mol. The third-order valence-electron chi connectivity index (χ3n) is 6.82. The molecule has 184 valence electrons. The third kappa shape index (κ3) is 8.34. The Bertz CT molecular complexity index is 949. The first-order chi connectivity index (χ1) is 17.3. The molecular formula is C31H38N2O2. The van der Waals surface area contributed by atoms with Crippen LogP contribution in [0.4, 0.5) is 0 Å². The van der Waals surface area contributed by atoms with Gasteiger partial charge in [0.1, 0.15) is 6.04 Å². The highest BCUT2D eigenvalue weighted by atomic mass is 16.5. The van der Waals surface area contributed by atoms with Gasteiger partial charge in [0.15, 0.2) is 0 Å². The molecule has 1 aliphatic heterocycles. The summed E-state index contributed by atoms with van der Waals surface area (Å²) in [6, 6.07) is 31.3. The average Bonchev–Trinajstić information content (AvgIpc) is 3.38. The lowest BCUT2D eigenvalue weighted by molar-refractivity contribution is -0.127. The van der Waals surface area contributed by atoms with Crippen LogP contribution in [0, 0.1) is 0 Å². The Morgan fingerprint density at radius 3 is 1.86 bits per heavy atom. The van der Waals surface area contributed by atoms with E-state index in [4.69, 9.17) is 4.74 Å². The summed E-state index contributed by atoms with van der Waals surface area (Å²) in [5.41, 5.74) is 3.85. The summed E-state index contributed by atoms with van der Waals surface area (Å²) >= 11 is 0. The summed E-state index contributed by atoms with van der Waals surface area (Å²) in [6.07, 6.45) is 6.93. The van der Waals surface area contributed by atoms with Gasteiger partial charge in [0.2, 0.25) is 5.91 Å². The van der Waals surface area contributed by atoms with Gasteiger partial charge in [-0.2, -0.15) is 0 Å². The van der Waals surface area contributed by atoms with Crippen molar-refractivity contribution in [3.8, 4) is 0 Å². The SMILES string of the molecule is O=C(NC(CCCc1ccccc1)CCCc1ccccc1)[C@H]1NCCC1OCc1ccccc1. The van der Waals surface area contributed by atoms with E-state index in [1.165, 1.54) is 11.1 Å². The van der Waals surface area contributed by atoms with Crippen LogP contribution in [0.1, 0.15) is 48.8 Å². The van der Waals surface area contributed by atoms with Crippen LogP contribution in [-0.4, -0.2) is 30.6 Å². The Kier molecular flexibility index (Phi) is 9.93. The minimum absolute atomic E-state index is 0.0741. The van der Waals surface area contributed by atoms with E-state index in [1.54, 1.807) is 0 Å². The number of benzene rings is 3. The molecule has 35 heavy (non-hydrogen) atoms. The predicted molar refractivity (Wildman–Crippen MR) is 142 cm³/mol. The molecule has 2 atom stereocenters. The Hall–Kier alpha value is -2.95. The topological polar surface area (TPSA) is 50.4 Å². The summed E-state index contributed by atoms with van der Waals surface area (Å²) in [7, 11) is 0. The molecule has 0 spiro atoms. The quantitative estimate of drug-likeness (QED) is 0.349. The molecule has 4 rings (SSSR count). The molecule has 1 heterocycles. The molecule has 3 aromatic rings. The van der Waals surface area contributed by atoms with Gasteiger partial charge in [-0.05, 0) is 68.2 Å². The van der Waals surface area contributed by atoms with E-state index in [1.807, 2.05) is 18.2 Å². The van der Waals surface area contributed by atoms with Crippen LogP contribution >= 0.6 is 0 Å². The van der Waals surface area contributed by atoms with E-state index in [2.05, 4.69) is 83.4 Å². The van der Waals surface area contributed by atoms with E-state index in [0.717, 1.165) is 57.1 Å². The smallest absolute Gasteiger partial charge is 0.240 e. The molecule has 0 bridgehead atoms. The summed E-state index contributed by atoms with van der Waals surface area (Å²) in [6.45, 7) is 1.35. The zero-order chi connectivity index (χ0) is 24.1. The maximum Gasteiger partial charge on any atom is 0.240 e. The molecule has 0 aromatic heterocycles. The minimum Gasteiger partial charge on any atom is -0.371 e. The number of carbonyl (C=O) groups is 1. The van der Waals surface area contributed by atoms with Crippen LogP contribution in [0.2, 0.25) is 0 Å². The van der Waals surface area contributed by atoms with Crippen molar-refractivity contribution >= 4 is 5.91 Å². The van der Waals surface area contributed by atoms with Gasteiger partial charge in [0.25, 0.3) is 0 Å². The highest BCUT2D eigenvalue weighted by Crippen LogP contribution is 2.17. The van der Waals surface area contributed by atoms with Gasteiger partial charge in [-0.1, -0.05) is 91.0 Å². The zero-order valence-corrected chi connectivity index (χ0v) is 20.6. The summed E-state index contributed by atoms with van der Waals surface area (Å²) in [5.74, 6) is 0.0741. The van der Waals surface area contributed by atoms with Gasteiger partial charge in [-0.25, -0.2) is 0 Å². The van der Waals surface area contributed by atoms with Gasteiger partial charge in [0, 0.05) is 6.04 Å². The second-order valence-corrected chi connectivity index (χ2v) is 9.52. The Morgan fingerprint density at radius 2 is 1.31 bits per heavy atom. The van der Waals surface area contributed by atoms with Crippen molar-refractivity contribution in [3.63, 3.8) is 0 Å². The molecule has 1 unspecified atom stereocenters. The molecule has 4 nitrogen and oxygen atoms in total. The highest BCUT2D eigenvalue weighted by Gasteiger charge is 2.34. The van der Waals surface area contributed by atoms with E-state index >= 15 is 0 Å². The molecule has 1 amide bonds. The number of amides is 1. The number of carbonyl (C=O) groups excluding carboxylic acids is 1. The van der Waals surface area contributed by atoms with E-state index in [-0.39, 0.29) is 24.1 Å². The fourth-order valence-corrected chi connectivity index (χ4v) is 4.87. The van der Waals surface area contributed by atoms with Gasteiger partial charge in [-0.15, -0.1) is 0 Å². The number of rotatable bonds is 13. The molecule has 1 fully saturated rings. The van der Waals surface area contributed by atoms with Crippen LogP contribution in [0.5, 0.6) is 0 Å². The van der Waals surface area contributed by atoms with E-state index < -0.39 is 0 Å². The number of aryl methyl sites for hydroxylation is 2. The van der Waals surface area contributed by atoms with Gasteiger partial charge in [0.05, 0.1) is 12.7 Å². The van der Waals surface area contributed by atoms with E-state index in [9.17, 15) is 4.79 Å². The minimum atomic E-state index is -0.288. The molecule has 3 aromatic carbocycles. The van der Waals surface area contributed by atoms with Gasteiger partial charge < -0.3 is 15.4 Å². The van der Waals surface area contributed by atoms with Crippen LogP contribution in [-0.2, 0) is 29.0 Å². The molecule has 0 aliphatic carbocycles. The van der Waals surface area contributed by atoms with Crippen molar-refractivity contribution in [2.45, 2.75) is 69.7 Å². The summed E-state index contributed by atoms with van der Waals surface area (Å²) in [4.78, 5) is 13.3. The van der Waals surface area contributed by atoms with Gasteiger partial charge >= 0.3 is 0 Å². The summed E-state index contributed by atoms with van der Waals surface area (Å²) < 4.78 is 6.16. The van der Waals surface area contributed by atoms with Crippen molar-refractivity contribution < 1.29 is 9.53 Å². The maximum absolute atomic E-state index is 13.3. The fourth-order valence-electron chi connectivity index (χ4n) is 4.87. The Balaban J connectivity index is 1.30. The number of ether oxygens (including phenoxy) is 1. The summed E-state index contributed by atoms with van der Waals surface area (Å²) in [5, 5.41) is 6.75. The first-order valence-electron chi connectivity index (χ1n) is 13.0. The molecule has 0 radical (unpaired) electrons. The van der Waals surface area contributed by atoms with Crippen molar-refractivity contribution in [1.82, 2.24) is 10.6 Å².